The molecule has 0 saturated heterocycles. The van der Waals surface area contributed by atoms with E-state index in [1.165, 1.54) is 0 Å². The van der Waals surface area contributed by atoms with E-state index in [1.54, 1.807) is 0 Å². The average molecular weight is 448 g/mol. The van der Waals surface area contributed by atoms with Crippen LogP contribution >= 0.6 is 23.2 Å². The summed E-state index contributed by atoms with van der Waals surface area (Å²) in [5, 5.41) is 11.7. The summed E-state index contributed by atoms with van der Waals surface area (Å²) in [7, 11) is 0. The van der Waals surface area contributed by atoms with Crippen molar-refractivity contribution in [3.8, 4) is 0 Å². The van der Waals surface area contributed by atoms with Gasteiger partial charge >= 0.3 is 0 Å². The summed E-state index contributed by atoms with van der Waals surface area (Å²) in [6.45, 7) is 3.99. The van der Waals surface area contributed by atoms with Crippen LogP contribution in [0, 0.1) is 13.8 Å². The number of hydrogen-bond acceptors (Lipinski definition) is 3. The molecule has 0 aliphatic heterocycles. The molecule has 31 heavy (non-hydrogen) atoms. The van der Waals surface area contributed by atoms with E-state index in [4.69, 9.17) is 23.2 Å². The summed E-state index contributed by atoms with van der Waals surface area (Å²) >= 11 is 12.4. The largest absolute Gasteiger partial charge is 0.356 e. The molecule has 0 bridgehead atoms. The lowest BCUT2D eigenvalue weighted by molar-refractivity contribution is 1.45. The number of aryl methyl sites for hydroxylation is 2. The Morgan fingerprint density at radius 1 is 0.419 bits per heavy atom. The van der Waals surface area contributed by atoms with E-state index in [1.807, 2.05) is 98.8 Å². The topological polar surface area (TPSA) is 36.1 Å². The predicted octanol–water partition coefficient (Wildman–Crippen LogP) is 8.84. The SMILES string of the molecule is Cc1ccc(Nc2ccc(Nc3ccc(Nc4ccc(C)c(Cl)c4)cc3)cc2)cc1Cl. The van der Waals surface area contributed by atoms with Crippen LogP contribution < -0.4 is 16.0 Å². The Morgan fingerprint density at radius 3 is 0.968 bits per heavy atom. The van der Waals surface area contributed by atoms with Crippen molar-refractivity contribution < 1.29 is 0 Å². The molecule has 4 aromatic carbocycles. The first kappa shape index (κ1) is 21.1. The highest BCUT2D eigenvalue weighted by Crippen LogP contribution is 2.27. The summed E-state index contributed by atoms with van der Waals surface area (Å²) in [5.41, 5.74) is 8.09. The van der Waals surface area contributed by atoms with Crippen molar-refractivity contribution in [3.05, 3.63) is 106 Å². The molecule has 0 aliphatic carbocycles. The molecule has 0 unspecified atom stereocenters. The van der Waals surface area contributed by atoms with E-state index >= 15 is 0 Å². The van der Waals surface area contributed by atoms with Crippen LogP contribution in [0.5, 0.6) is 0 Å². The summed E-state index contributed by atoms with van der Waals surface area (Å²) in [6.07, 6.45) is 0. The number of nitrogens with one attached hydrogen (secondary N) is 3. The van der Waals surface area contributed by atoms with Crippen LogP contribution in [0.2, 0.25) is 10.0 Å². The minimum absolute atomic E-state index is 0.756. The molecule has 0 fully saturated rings. The molecule has 5 heteroatoms. The number of halogens is 2. The molecular weight excluding hydrogens is 425 g/mol. The molecule has 0 heterocycles. The smallest absolute Gasteiger partial charge is 0.0455 e. The average Bonchev–Trinajstić information content (AvgIpc) is 2.76. The van der Waals surface area contributed by atoms with Gasteiger partial charge in [0, 0.05) is 44.2 Å². The van der Waals surface area contributed by atoms with Gasteiger partial charge in [-0.1, -0.05) is 35.3 Å². The maximum absolute atomic E-state index is 6.20. The van der Waals surface area contributed by atoms with Gasteiger partial charge in [0.25, 0.3) is 0 Å². The van der Waals surface area contributed by atoms with E-state index < -0.39 is 0 Å². The monoisotopic (exact) mass is 447 g/mol. The highest BCUT2D eigenvalue weighted by atomic mass is 35.5. The molecule has 0 amide bonds. The zero-order valence-corrected chi connectivity index (χ0v) is 18.9. The maximum Gasteiger partial charge on any atom is 0.0455 e. The van der Waals surface area contributed by atoms with E-state index in [-0.39, 0.29) is 0 Å². The Labute approximate surface area is 193 Å². The van der Waals surface area contributed by atoms with E-state index in [0.29, 0.717) is 0 Å². The lowest BCUT2D eigenvalue weighted by atomic mass is 10.2. The third-order valence-corrected chi connectivity index (χ3v) is 5.79. The van der Waals surface area contributed by atoms with Crippen molar-refractivity contribution in [1.82, 2.24) is 0 Å². The van der Waals surface area contributed by atoms with Crippen molar-refractivity contribution in [2.75, 3.05) is 16.0 Å². The van der Waals surface area contributed by atoms with Gasteiger partial charge in [0.15, 0.2) is 0 Å². The Bertz CT molecular complexity index is 1090. The first-order chi connectivity index (χ1) is 15.0. The summed E-state index contributed by atoms with van der Waals surface area (Å²) in [5.74, 6) is 0. The number of anilines is 6. The molecule has 0 atom stereocenters. The fraction of sp³-hybridized carbons (Fsp3) is 0.0769. The van der Waals surface area contributed by atoms with Crippen LogP contribution in [0.4, 0.5) is 34.1 Å². The molecular formula is C26H23Cl2N3. The van der Waals surface area contributed by atoms with E-state index in [0.717, 1.165) is 55.3 Å². The minimum atomic E-state index is 0.756. The van der Waals surface area contributed by atoms with Crippen LogP contribution in [0.15, 0.2) is 84.9 Å². The van der Waals surface area contributed by atoms with Crippen molar-refractivity contribution in [2.45, 2.75) is 13.8 Å². The Hall–Kier alpha value is -3.14. The number of benzene rings is 4. The quantitative estimate of drug-likeness (QED) is 0.276. The Balaban J connectivity index is 1.37. The van der Waals surface area contributed by atoms with Crippen LogP contribution in [0.25, 0.3) is 0 Å². The van der Waals surface area contributed by atoms with Crippen molar-refractivity contribution >= 4 is 57.3 Å². The van der Waals surface area contributed by atoms with Crippen LogP contribution in [-0.4, -0.2) is 0 Å². The second-order valence-corrected chi connectivity index (χ2v) is 8.27. The predicted molar refractivity (Wildman–Crippen MR) is 135 cm³/mol. The van der Waals surface area contributed by atoms with Crippen molar-refractivity contribution in [1.29, 1.82) is 0 Å². The van der Waals surface area contributed by atoms with Gasteiger partial charge < -0.3 is 16.0 Å². The van der Waals surface area contributed by atoms with Crippen LogP contribution in [0.1, 0.15) is 11.1 Å². The number of hydrogen-bond donors (Lipinski definition) is 3. The van der Waals surface area contributed by atoms with Gasteiger partial charge in [0.1, 0.15) is 0 Å². The highest BCUT2D eigenvalue weighted by molar-refractivity contribution is 6.32. The minimum Gasteiger partial charge on any atom is -0.356 e. The fourth-order valence-electron chi connectivity index (χ4n) is 3.12. The van der Waals surface area contributed by atoms with Gasteiger partial charge in [-0.2, -0.15) is 0 Å². The Kier molecular flexibility index (Phi) is 6.36. The van der Waals surface area contributed by atoms with Gasteiger partial charge in [0.2, 0.25) is 0 Å². The third kappa shape index (κ3) is 5.52. The first-order valence-electron chi connectivity index (χ1n) is 10.00. The van der Waals surface area contributed by atoms with Crippen LogP contribution in [-0.2, 0) is 0 Å². The molecule has 3 N–H and O–H groups in total. The standard InChI is InChI=1S/C26H23Cl2N3/c1-17-3-5-23(15-25(17)27)30-21-11-7-19(8-12-21)29-20-9-13-22(14-10-20)31-24-6-4-18(2)26(28)16-24/h3-16,29-31H,1-2H3. The molecule has 0 aromatic heterocycles. The number of rotatable bonds is 6. The van der Waals surface area contributed by atoms with Crippen LogP contribution in [0.3, 0.4) is 0 Å². The Morgan fingerprint density at radius 2 is 0.677 bits per heavy atom. The molecule has 3 nitrogen and oxygen atoms in total. The lowest BCUT2D eigenvalue weighted by Gasteiger charge is -2.12. The van der Waals surface area contributed by atoms with Crippen molar-refractivity contribution in [3.63, 3.8) is 0 Å². The molecule has 0 spiro atoms. The highest BCUT2D eigenvalue weighted by Gasteiger charge is 2.02. The zero-order valence-electron chi connectivity index (χ0n) is 17.3. The summed E-state index contributed by atoms with van der Waals surface area (Å²) < 4.78 is 0. The first-order valence-corrected chi connectivity index (χ1v) is 10.8. The van der Waals surface area contributed by atoms with Gasteiger partial charge in [0.05, 0.1) is 0 Å². The molecule has 4 aromatic rings. The summed E-state index contributed by atoms with van der Waals surface area (Å²) in [6, 6.07) is 28.2. The maximum atomic E-state index is 6.20. The normalized spacial score (nSPS) is 10.6. The fourth-order valence-corrected chi connectivity index (χ4v) is 3.48. The molecule has 0 aliphatic rings. The molecule has 156 valence electrons. The second-order valence-electron chi connectivity index (χ2n) is 7.46. The van der Waals surface area contributed by atoms with E-state index in [9.17, 15) is 0 Å². The molecule has 0 radical (unpaired) electrons. The lowest BCUT2D eigenvalue weighted by Crippen LogP contribution is -1.94. The van der Waals surface area contributed by atoms with Crippen molar-refractivity contribution in [2.24, 2.45) is 0 Å². The van der Waals surface area contributed by atoms with Gasteiger partial charge in [-0.15, -0.1) is 0 Å². The third-order valence-electron chi connectivity index (χ3n) is 4.98. The van der Waals surface area contributed by atoms with Gasteiger partial charge in [-0.3, -0.25) is 0 Å². The summed E-state index contributed by atoms with van der Waals surface area (Å²) in [4.78, 5) is 0. The molecule has 0 saturated carbocycles. The molecule has 4 rings (SSSR count). The van der Waals surface area contributed by atoms with Gasteiger partial charge in [-0.05, 0) is 97.8 Å². The van der Waals surface area contributed by atoms with E-state index in [2.05, 4.69) is 16.0 Å². The zero-order chi connectivity index (χ0) is 21.8. The van der Waals surface area contributed by atoms with Gasteiger partial charge in [-0.25, -0.2) is 0 Å². The second kappa shape index (κ2) is 9.34.